The lowest BCUT2D eigenvalue weighted by Crippen LogP contribution is -2.16. The van der Waals surface area contributed by atoms with Gasteiger partial charge < -0.3 is 5.32 Å². The van der Waals surface area contributed by atoms with E-state index in [9.17, 15) is 4.79 Å². The van der Waals surface area contributed by atoms with Crippen LogP contribution >= 0.6 is 0 Å². The Hall–Kier alpha value is -2.35. The Morgan fingerprint density at radius 2 is 1.67 bits per heavy atom. The lowest BCUT2D eigenvalue weighted by Gasteiger charge is -2.00. The molecule has 0 bridgehead atoms. The fourth-order valence-electron chi connectivity index (χ4n) is 1.57. The molecule has 1 N–H and O–H groups in total. The average molecular weight is 237 g/mol. The van der Waals surface area contributed by atoms with Gasteiger partial charge in [0.1, 0.15) is 0 Å². The van der Waals surface area contributed by atoms with Crippen LogP contribution in [0.3, 0.4) is 0 Å². The highest BCUT2D eigenvalue weighted by Crippen LogP contribution is 2.03. The highest BCUT2D eigenvalue weighted by Gasteiger charge is 2.01. The van der Waals surface area contributed by atoms with E-state index >= 15 is 0 Å². The minimum absolute atomic E-state index is 0.0952. The molecule has 0 radical (unpaired) electrons. The molecule has 0 atom stereocenters. The van der Waals surface area contributed by atoms with E-state index in [1.165, 1.54) is 0 Å². The number of carbonyl (C=O) groups is 1. The van der Waals surface area contributed by atoms with Crippen molar-refractivity contribution in [1.29, 1.82) is 0 Å². The SMILES string of the molecule is Cc1ccc(C(=O)N/C=C/c2ccccc2)cc1. The summed E-state index contributed by atoms with van der Waals surface area (Å²) in [6.45, 7) is 2.00. The maximum atomic E-state index is 11.8. The second kappa shape index (κ2) is 5.82. The lowest BCUT2D eigenvalue weighted by atomic mass is 10.1. The zero-order valence-electron chi connectivity index (χ0n) is 10.3. The summed E-state index contributed by atoms with van der Waals surface area (Å²) in [6, 6.07) is 17.3. The molecule has 0 unspecified atom stereocenters. The number of carbonyl (C=O) groups excluding carboxylic acids is 1. The average Bonchev–Trinajstić information content (AvgIpc) is 2.40. The standard InChI is InChI=1S/C16H15NO/c1-13-7-9-15(10-8-13)16(18)17-12-11-14-5-3-2-4-6-14/h2-12H,1H3,(H,17,18)/b12-11+. The number of aryl methyl sites for hydroxylation is 1. The van der Waals surface area contributed by atoms with Gasteiger partial charge in [0.15, 0.2) is 0 Å². The molecule has 0 aliphatic carbocycles. The molecule has 2 rings (SSSR count). The third-order valence-electron chi connectivity index (χ3n) is 2.60. The first kappa shape index (κ1) is 12.1. The van der Waals surface area contributed by atoms with Crippen LogP contribution in [0.5, 0.6) is 0 Å². The van der Waals surface area contributed by atoms with Crippen molar-refractivity contribution < 1.29 is 4.79 Å². The van der Waals surface area contributed by atoms with Crippen molar-refractivity contribution in [2.75, 3.05) is 0 Å². The van der Waals surface area contributed by atoms with Gasteiger partial charge in [-0.05, 0) is 30.7 Å². The van der Waals surface area contributed by atoms with Crippen molar-refractivity contribution in [3.63, 3.8) is 0 Å². The maximum absolute atomic E-state index is 11.8. The minimum Gasteiger partial charge on any atom is -0.329 e. The zero-order chi connectivity index (χ0) is 12.8. The van der Waals surface area contributed by atoms with Crippen molar-refractivity contribution in [3.05, 3.63) is 77.5 Å². The quantitative estimate of drug-likeness (QED) is 0.871. The topological polar surface area (TPSA) is 29.1 Å². The van der Waals surface area contributed by atoms with Crippen LogP contribution in [0, 0.1) is 6.92 Å². The van der Waals surface area contributed by atoms with Crippen LogP contribution in [-0.2, 0) is 0 Å². The van der Waals surface area contributed by atoms with E-state index < -0.39 is 0 Å². The Bertz CT molecular complexity index is 541. The van der Waals surface area contributed by atoms with Crippen LogP contribution in [0.4, 0.5) is 0 Å². The normalized spacial score (nSPS) is 10.5. The molecule has 0 spiro atoms. The number of hydrogen-bond donors (Lipinski definition) is 1. The van der Waals surface area contributed by atoms with Crippen LogP contribution in [0.1, 0.15) is 21.5 Å². The molecule has 2 aromatic rings. The van der Waals surface area contributed by atoms with Crippen molar-refractivity contribution in [2.45, 2.75) is 6.92 Å². The van der Waals surface area contributed by atoms with Crippen molar-refractivity contribution >= 4 is 12.0 Å². The molecule has 90 valence electrons. The van der Waals surface area contributed by atoms with Gasteiger partial charge in [0.05, 0.1) is 0 Å². The Balaban J connectivity index is 1.96. The van der Waals surface area contributed by atoms with E-state index in [-0.39, 0.29) is 5.91 Å². The van der Waals surface area contributed by atoms with Gasteiger partial charge in [-0.1, -0.05) is 48.0 Å². The summed E-state index contributed by atoms with van der Waals surface area (Å²) < 4.78 is 0. The molecule has 1 amide bonds. The molecule has 0 saturated carbocycles. The highest BCUT2D eigenvalue weighted by atomic mass is 16.1. The maximum Gasteiger partial charge on any atom is 0.255 e. The fraction of sp³-hybridized carbons (Fsp3) is 0.0625. The molecule has 2 nitrogen and oxygen atoms in total. The molecule has 0 aliphatic rings. The summed E-state index contributed by atoms with van der Waals surface area (Å²) in [5.41, 5.74) is 2.87. The minimum atomic E-state index is -0.0952. The van der Waals surface area contributed by atoms with Gasteiger partial charge in [0, 0.05) is 11.8 Å². The fourth-order valence-corrected chi connectivity index (χ4v) is 1.57. The summed E-state index contributed by atoms with van der Waals surface area (Å²) in [4.78, 5) is 11.8. The monoisotopic (exact) mass is 237 g/mol. The first-order valence-corrected chi connectivity index (χ1v) is 5.85. The molecule has 18 heavy (non-hydrogen) atoms. The first-order valence-electron chi connectivity index (χ1n) is 5.85. The summed E-state index contributed by atoms with van der Waals surface area (Å²) in [7, 11) is 0. The van der Waals surface area contributed by atoms with Crippen molar-refractivity contribution in [1.82, 2.24) is 5.32 Å². The third-order valence-corrected chi connectivity index (χ3v) is 2.60. The predicted molar refractivity (Wildman–Crippen MR) is 74.1 cm³/mol. The summed E-state index contributed by atoms with van der Waals surface area (Å²) in [5.74, 6) is -0.0952. The van der Waals surface area contributed by atoms with Gasteiger partial charge in [0.2, 0.25) is 0 Å². The third kappa shape index (κ3) is 3.32. The van der Waals surface area contributed by atoms with Crippen LogP contribution in [0.2, 0.25) is 0 Å². The molecule has 0 aromatic heterocycles. The molecule has 2 aromatic carbocycles. The molecule has 2 heteroatoms. The van der Waals surface area contributed by atoms with Crippen LogP contribution in [0.25, 0.3) is 6.08 Å². The largest absolute Gasteiger partial charge is 0.329 e. The van der Waals surface area contributed by atoms with Crippen LogP contribution in [-0.4, -0.2) is 5.91 Å². The molecule has 0 fully saturated rings. The first-order chi connectivity index (χ1) is 8.75. The highest BCUT2D eigenvalue weighted by molar-refractivity contribution is 5.95. The van der Waals surface area contributed by atoms with Gasteiger partial charge in [-0.25, -0.2) is 0 Å². The van der Waals surface area contributed by atoms with E-state index in [0.29, 0.717) is 5.56 Å². The van der Waals surface area contributed by atoms with Crippen LogP contribution in [0.15, 0.2) is 60.8 Å². The Kier molecular flexibility index (Phi) is 3.92. The lowest BCUT2D eigenvalue weighted by molar-refractivity contribution is 0.0970. The van der Waals surface area contributed by atoms with Crippen molar-refractivity contribution in [3.8, 4) is 0 Å². The van der Waals surface area contributed by atoms with Gasteiger partial charge in [0.25, 0.3) is 5.91 Å². The summed E-state index contributed by atoms with van der Waals surface area (Å²) in [5, 5.41) is 2.75. The Morgan fingerprint density at radius 1 is 1.00 bits per heavy atom. The van der Waals surface area contributed by atoms with E-state index in [4.69, 9.17) is 0 Å². The molecule has 0 heterocycles. The number of amides is 1. The predicted octanol–water partition coefficient (Wildman–Crippen LogP) is 3.40. The number of benzene rings is 2. The van der Waals surface area contributed by atoms with Gasteiger partial charge >= 0.3 is 0 Å². The Labute approximate surface area is 107 Å². The number of hydrogen-bond acceptors (Lipinski definition) is 1. The molecule has 0 saturated heterocycles. The molecular formula is C16H15NO. The smallest absolute Gasteiger partial charge is 0.255 e. The van der Waals surface area contributed by atoms with Crippen molar-refractivity contribution in [2.24, 2.45) is 0 Å². The van der Waals surface area contributed by atoms with Gasteiger partial charge in [-0.3, -0.25) is 4.79 Å². The van der Waals surface area contributed by atoms with E-state index in [0.717, 1.165) is 11.1 Å². The van der Waals surface area contributed by atoms with E-state index in [2.05, 4.69) is 5.32 Å². The second-order valence-corrected chi connectivity index (χ2v) is 4.08. The van der Waals surface area contributed by atoms with Crippen LogP contribution < -0.4 is 5.32 Å². The number of nitrogens with one attached hydrogen (secondary N) is 1. The van der Waals surface area contributed by atoms with E-state index in [1.54, 1.807) is 6.20 Å². The summed E-state index contributed by atoms with van der Waals surface area (Å²) in [6.07, 6.45) is 3.53. The summed E-state index contributed by atoms with van der Waals surface area (Å²) >= 11 is 0. The Morgan fingerprint density at radius 3 is 2.33 bits per heavy atom. The number of rotatable bonds is 3. The molecular weight excluding hydrogens is 222 g/mol. The van der Waals surface area contributed by atoms with Gasteiger partial charge in [-0.15, -0.1) is 0 Å². The van der Waals surface area contributed by atoms with E-state index in [1.807, 2.05) is 67.6 Å². The molecule has 0 aliphatic heterocycles. The second-order valence-electron chi connectivity index (χ2n) is 4.08. The zero-order valence-corrected chi connectivity index (χ0v) is 10.3. The van der Waals surface area contributed by atoms with Gasteiger partial charge in [-0.2, -0.15) is 0 Å².